The summed E-state index contributed by atoms with van der Waals surface area (Å²) in [7, 11) is 1.37. The molecule has 1 aliphatic rings. The number of nitrogens with one attached hydrogen (secondary N) is 1. The SMILES string of the molecule is COC(=O)c1cc(NC(C)C2CCCC2)ccn1. The molecule has 98 valence electrons. The van der Waals surface area contributed by atoms with Crippen LogP contribution < -0.4 is 5.32 Å². The van der Waals surface area contributed by atoms with Gasteiger partial charge in [0.1, 0.15) is 5.69 Å². The quantitative estimate of drug-likeness (QED) is 0.832. The normalized spacial score (nSPS) is 17.4. The number of hydrogen-bond donors (Lipinski definition) is 1. The van der Waals surface area contributed by atoms with Crippen LogP contribution in [0, 0.1) is 5.92 Å². The molecule has 0 bridgehead atoms. The highest BCUT2D eigenvalue weighted by Crippen LogP contribution is 2.29. The summed E-state index contributed by atoms with van der Waals surface area (Å²) in [5, 5.41) is 3.46. The highest BCUT2D eigenvalue weighted by atomic mass is 16.5. The minimum Gasteiger partial charge on any atom is -0.464 e. The monoisotopic (exact) mass is 248 g/mol. The van der Waals surface area contributed by atoms with Crippen LogP contribution in [0.5, 0.6) is 0 Å². The van der Waals surface area contributed by atoms with Gasteiger partial charge in [-0.05, 0) is 37.8 Å². The van der Waals surface area contributed by atoms with E-state index in [0.29, 0.717) is 11.7 Å². The largest absolute Gasteiger partial charge is 0.464 e. The minimum absolute atomic E-state index is 0.348. The van der Waals surface area contributed by atoms with E-state index in [9.17, 15) is 4.79 Å². The fourth-order valence-corrected chi connectivity index (χ4v) is 2.57. The molecule has 0 aromatic carbocycles. The fourth-order valence-electron chi connectivity index (χ4n) is 2.57. The van der Waals surface area contributed by atoms with Gasteiger partial charge in [0.05, 0.1) is 7.11 Å². The number of aromatic nitrogens is 1. The molecule has 18 heavy (non-hydrogen) atoms. The van der Waals surface area contributed by atoms with E-state index in [0.717, 1.165) is 11.6 Å². The Kier molecular flexibility index (Phi) is 4.18. The highest BCUT2D eigenvalue weighted by Gasteiger charge is 2.21. The van der Waals surface area contributed by atoms with Crippen LogP contribution >= 0.6 is 0 Å². The maximum absolute atomic E-state index is 11.4. The Morgan fingerprint density at radius 2 is 2.22 bits per heavy atom. The van der Waals surface area contributed by atoms with Gasteiger partial charge in [0.25, 0.3) is 0 Å². The molecule has 0 spiro atoms. The number of nitrogens with zero attached hydrogens (tertiary/aromatic N) is 1. The van der Waals surface area contributed by atoms with Crippen molar-refractivity contribution >= 4 is 11.7 Å². The first-order valence-corrected chi connectivity index (χ1v) is 6.51. The van der Waals surface area contributed by atoms with Crippen molar-refractivity contribution in [1.29, 1.82) is 0 Å². The predicted molar refractivity (Wildman–Crippen MR) is 70.6 cm³/mol. The van der Waals surface area contributed by atoms with Crippen molar-refractivity contribution in [1.82, 2.24) is 4.98 Å². The van der Waals surface area contributed by atoms with Gasteiger partial charge in [-0.25, -0.2) is 9.78 Å². The van der Waals surface area contributed by atoms with E-state index in [1.807, 2.05) is 6.07 Å². The van der Waals surface area contributed by atoms with Gasteiger partial charge in [-0.15, -0.1) is 0 Å². The zero-order valence-corrected chi connectivity index (χ0v) is 11.0. The molecule has 0 radical (unpaired) electrons. The number of ether oxygens (including phenoxy) is 1. The van der Waals surface area contributed by atoms with Gasteiger partial charge in [-0.3, -0.25) is 0 Å². The second-order valence-electron chi connectivity index (χ2n) is 4.90. The van der Waals surface area contributed by atoms with Crippen molar-refractivity contribution < 1.29 is 9.53 Å². The average Bonchev–Trinajstić information content (AvgIpc) is 2.92. The lowest BCUT2D eigenvalue weighted by molar-refractivity contribution is 0.0594. The van der Waals surface area contributed by atoms with Crippen molar-refractivity contribution in [3.63, 3.8) is 0 Å². The summed E-state index contributed by atoms with van der Waals surface area (Å²) in [6, 6.07) is 4.07. The molecule has 1 aromatic rings. The van der Waals surface area contributed by atoms with Crippen LogP contribution in [0.15, 0.2) is 18.3 Å². The molecular weight excluding hydrogens is 228 g/mol. The van der Waals surface area contributed by atoms with Gasteiger partial charge in [-0.1, -0.05) is 12.8 Å². The van der Waals surface area contributed by atoms with Crippen LogP contribution in [-0.4, -0.2) is 24.1 Å². The number of carbonyl (C=O) groups is 1. The van der Waals surface area contributed by atoms with Crippen LogP contribution in [0.2, 0.25) is 0 Å². The van der Waals surface area contributed by atoms with Crippen molar-refractivity contribution in [2.45, 2.75) is 38.6 Å². The standard InChI is InChI=1S/C14H20N2O2/c1-10(11-5-3-4-6-11)16-12-7-8-15-13(9-12)14(17)18-2/h7-11H,3-6H2,1-2H3,(H,15,16). The Morgan fingerprint density at radius 3 is 2.89 bits per heavy atom. The molecule has 0 amide bonds. The van der Waals surface area contributed by atoms with E-state index >= 15 is 0 Å². The zero-order valence-electron chi connectivity index (χ0n) is 11.0. The summed E-state index contributed by atoms with van der Waals surface area (Å²) >= 11 is 0. The van der Waals surface area contributed by atoms with Gasteiger partial charge in [0.15, 0.2) is 0 Å². The Hall–Kier alpha value is -1.58. The Balaban J connectivity index is 2.02. The first-order chi connectivity index (χ1) is 8.70. The van der Waals surface area contributed by atoms with E-state index in [-0.39, 0.29) is 0 Å². The van der Waals surface area contributed by atoms with Crippen molar-refractivity contribution in [3.8, 4) is 0 Å². The maximum Gasteiger partial charge on any atom is 0.356 e. The third-order valence-electron chi connectivity index (χ3n) is 3.66. The Bertz CT molecular complexity index is 414. The molecule has 1 aromatic heterocycles. The molecule has 1 heterocycles. The smallest absolute Gasteiger partial charge is 0.356 e. The summed E-state index contributed by atoms with van der Waals surface area (Å²) in [5.41, 5.74) is 1.28. The summed E-state index contributed by atoms with van der Waals surface area (Å²) in [6.07, 6.45) is 6.89. The Morgan fingerprint density at radius 1 is 1.50 bits per heavy atom. The molecule has 1 saturated carbocycles. The molecule has 0 saturated heterocycles. The van der Waals surface area contributed by atoms with Crippen molar-refractivity contribution in [3.05, 3.63) is 24.0 Å². The van der Waals surface area contributed by atoms with Crippen molar-refractivity contribution in [2.24, 2.45) is 5.92 Å². The summed E-state index contributed by atoms with van der Waals surface area (Å²) in [5.74, 6) is 0.340. The van der Waals surface area contributed by atoms with Crippen LogP contribution in [0.1, 0.15) is 43.1 Å². The number of carbonyl (C=O) groups excluding carboxylic acids is 1. The number of pyridine rings is 1. The molecule has 2 rings (SSSR count). The van der Waals surface area contributed by atoms with Gasteiger partial charge >= 0.3 is 5.97 Å². The van der Waals surface area contributed by atoms with Gasteiger partial charge in [0.2, 0.25) is 0 Å². The van der Waals surface area contributed by atoms with Gasteiger partial charge in [-0.2, -0.15) is 0 Å². The lowest BCUT2D eigenvalue weighted by Crippen LogP contribution is -2.24. The summed E-state index contributed by atoms with van der Waals surface area (Å²) < 4.78 is 4.67. The topological polar surface area (TPSA) is 51.2 Å². The van der Waals surface area contributed by atoms with Gasteiger partial charge in [0, 0.05) is 17.9 Å². The molecule has 1 unspecified atom stereocenters. The lowest BCUT2D eigenvalue weighted by Gasteiger charge is -2.21. The average molecular weight is 248 g/mol. The number of hydrogen-bond acceptors (Lipinski definition) is 4. The van der Waals surface area contributed by atoms with Crippen molar-refractivity contribution in [2.75, 3.05) is 12.4 Å². The zero-order chi connectivity index (χ0) is 13.0. The number of anilines is 1. The fraction of sp³-hybridized carbons (Fsp3) is 0.571. The second-order valence-corrected chi connectivity index (χ2v) is 4.90. The molecule has 1 N–H and O–H groups in total. The molecule has 1 atom stereocenters. The molecule has 4 nitrogen and oxygen atoms in total. The first-order valence-electron chi connectivity index (χ1n) is 6.51. The highest BCUT2D eigenvalue weighted by molar-refractivity contribution is 5.88. The van der Waals surface area contributed by atoms with Crippen LogP contribution in [0.4, 0.5) is 5.69 Å². The van der Waals surface area contributed by atoms with Gasteiger partial charge < -0.3 is 10.1 Å². The van der Waals surface area contributed by atoms with Crippen LogP contribution in [0.25, 0.3) is 0 Å². The number of methoxy groups -OCH3 is 1. The van der Waals surface area contributed by atoms with E-state index in [1.54, 1.807) is 12.3 Å². The lowest BCUT2D eigenvalue weighted by atomic mass is 9.99. The number of rotatable bonds is 4. The maximum atomic E-state index is 11.4. The molecule has 1 aliphatic carbocycles. The first kappa shape index (κ1) is 12.9. The van der Waals surface area contributed by atoms with E-state index in [2.05, 4.69) is 22.0 Å². The van der Waals surface area contributed by atoms with Crippen LogP contribution in [0.3, 0.4) is 0 Å². The summed E-state index contributed by atoms with van der Waals surface area (Å²) in [4.78, 5) is 15.4. The second kappa shape index (κ2) is 5.85. The van der Waals surface area contributed by atoms with E-state index in [4.69, 9.17) is 0 Å². The third kappa shape index (κ3) is 3.00. The molecular formula is C14H20N2O2. The van der Waals surface area contributed by atoms with Crippen LogP contribution in [-0.2, 0) is 4.74 Å². The minimum atomic E-state index is -0.396. The molecule has 4 heteroatoms. The molecule has 1 fully saturated rings. The Labute approximate surface area is 108 Å². The molecule has 0 aliphatic heterocycles. The van der Waals surface area contributed by atoms with E-state index < -0.39 is 5.97 Å². The third-order valence-corrected chi connectivity index (χ3v) is 3.66. The number of esters is 1. The van der Waals surface area contributed by atoms with E-state index in [1.165, 1.54) is 32.8 Å². The summed E-state index contributed by atoms with van der Waals surface area (Å²) in [6.45, 7) is 2.20. The predicted octanol–water partition coefficient (Wildman–Crippen LogP) is 2.86.